The fourth-order valence-corrected chi connectivity index (χ4v) is 5.88. The molecular formula is C33H40N6O5S. The SMILES string of the molecule is COc1c(NC(=O)Nc2ccc(Oc3ccnc(N4CCNCC4C)c3)c3ccccc23)cc(C(C)(C)C)cc1NS(C)(=O)=O. The van der Waals surface area contributed by atoms with Crippen LogP contribution in [0.1, 0.15) is 33.3 Å². The number of aromatic nitrogens is 1. The summed E-state index contributed by atoms with van der Waals surface area (Å²) in [5.41, 5.74) is 1.60. The van der Waals surface area contributed by atoms with Crippen molar-refractivity contribution >= 4 is 49.7 Å². The van der Waals surface area contributed by atoms with Crippen molar-refractivity contribution < 1.29 is 22.7 Å². The number of ether oxygens (including phenoxy) is 2. The molecule has 1 fully saturated rings. The maximum absolute atomic E-state index is 13.4. The summed E-state index contributed by atoms with van der Waals surface area (Å²) in [6.07, 6.45) is 2.82. The number of benzene rings is 3. The molecule has 12 heteroatoms. The standard InChI is InChI=1S/C33H40N6O5S/c1-21-20-34-15-16-39(21)30-19-23(13-14-35-30)44-29-12-11-26(24-9-7-8-10-25(24)29)36-32(40)37-27-17-22(33(2,3)4)18-28(31(27)43-5)38-45(6,41)42/h7-14,17-19,21,34,38H,15-16,20H2,1-6H3,(H2,36,37,40). The van der Waals surface area contributed by atoms with Crippen LogP contribution in [0.2, 0.25) is 0 Å². The molecule has 1 saturated heterocycles. The number of rotatable bonds is 8. The highest BCUT2D eigenvalue weighted by Crippen LogP contribution is 2.40. The first-order chi connectivity index (χ1) is 21.3. The van der Waals surface area contributed by atoms with Crippen molar-refractivity contribution in [3.05, 3.63) is 72.4 Å². The molecule has 4 N–H and O–H groups in total. The Morgan fingerprint density at radius 3 is 2.40 bits per heavy atom. The van der Waals surface area contributed by atoms with E-state index in [0.717, 1.165) is 48.0 Å². The number of fused-ring (bicyclic) bond motifs is 1. The van der Waals surface area contributed by atoms with Gasteiger partial charge in [0.2, 0.25) is 10.0 Å². The van der Waals surface area contributed by atoms with E-state index in [1.165, 1.54) is 7.11 Å². The van der Waals surface area contributed by atoms with Crippen LogP contribution in [0.4, 0.5) is 27.7 Å². The van der Waals surface area contributed by atoms with E-state index in [9.17, 15) is 13.2 Å². The molecule has 238 valence electrons. The Hall–Kier alpha value is -4.55. The van der Waals surface area contributed by atoms with Crippen LogP contribution in [0.15, 0.2) is 66.9 Å². The summed E-state index contributed by atoms with van der Waals surface area (Å²) in [5, 5.41) is 10.8. The summed E-state index contributed by atoms with van der Waals surface area (Å²) in [7, 11) is -2.18. The van der Waals surface area contributed by atoms with Gasteiger partial charge in [-0.25, -0.2) is 18.2 Å². The molecule has 1 aliphatic rings. The van der Waals surface area contributed by atoms with Crippen LogP contribution in [0.3, 0.4) is 0 Å². The first kappa shape index (κ1) is 31.9. The van der Waals surface area contributed by atoms with E-state index < -0.39 is 16.1 Å². The molecule has 45 heavy (non-hydrogen) atoms. The first-order valence-electron chi connectivity index (χ1n) is 14.7. The van der Waals surface area contributed by atoms with Gasteiger partial charge in [0.1, 0.15) is 17.3 Å². The van der Waals surface area contributed by atoms with Gasteiger partial charge in [-0.05, 0) is 48.2 Å². The number of sulfonamides is 1. The van der Waals surface area contributed by atoms with Crippen LogP contribution >= 0.6 is 0 Å². The van der Waals surface area contributed by atoms with E-state index in [-0.39, 0.29) is 16.9 Å². The summed E-state index contributed by atoms with van der Waals surface area (Å²) in [6.45, 7) is 10.8. The maximum atomic E-state index is 13.4. The minimum atomic E-state index is -3.61. The zero-order valence-electron chi connectivity index (χ0n) is 26.4. The highest BCUT2D eigenvalue weighted by Gasteiger charge is 2.23. The molecule has 3 aromatic carbocycles. The Morgan fingerprint density at radius 1 is 1.00 bits per heavy atom. The monoisotopic (exact) mass is 632 g/mol. The molecule has 1 atom stereocenters. The molecule has 0 aliphatic carbocycles. The number of amides is 2. The number of hydrogen-bond donors (Lipinski definition) is 4. The van der Waals surface area contributed by atoms with E-state index >= 15 is 0 Å². The molecule has 0 radical (unpaired) electrons. The van der Waals surface area contributed by atoms with Crippen molar-refractivity contribution in [2.75, 3.05) is 53.3 Å². The van der Waals surface area contributed by atoms with Crippen LogP contribution in [0.5, 0.6) is 17.2 Å². The molecule has 2 amide bonds. The van der Waals surface area contributed by atoms with Gasteiger partial charge in [0.25, 0.3) is 0 Å². The first-order valence-corrected chi connectivity index (χ1v) is 16.6. The molecule has 1 unspecified atom stereocenters. The third kappa shape index (κ3) is 7.58. The Bertz CT molecular complexity index is 1820. The van der Waals surface area contributed by atoms with E-state index in [0.29, 0.717) is 28.9 Å². The van der Waals surface area contributed by atoms with Crippen molar-refractivity contribution in [2.45, 2.75) is 39.2 Å². The number of methoxy groups -OCH3 is 1. The third-order valence-electron chi connectivity index (χ3n) is 7.58. The molecule has 0 spiro atoms. The Morgan fingerprint density at radius 2 is 1.71 bits per heavy atom. The third-order valence-corrected chi connectivity index (χ3v) is 8.17. The van der Waals surface area contributed by atoms with Crippen LogP contribution in [0.25, 0.3) is 10.8 Å². The topological polar surface area (TPSA) is 134 Å². The van der Waals surface area contributed by atoms with Gasteiger partial charge in [-0.15, -0.1) is 0 Å². The molecule has 1 aromatic heterocycles. The van der Waals surface area contributed by atoms with Crippen molar-refractivity contribution in [3.8, 4) is 17.2 Å². The van der Waals surface area contributed by atoms with Crippen LogP contribution in [-0.2, 0) is 15.4 Å². The maximum Gasteiger partial charge on any atom is 0.323 e. The van der Waals surface area contributed by atoms with Gasteiger partial charge in [-0.1, -0.05) is 45.0 Å². The smallest absolute Gasteiger partial charge is 0.323 e. The lowest BCUT2D eigenvalue weighted by Gasteiger charge is -2.35. The van der Waals surface area contributed by atoms with Crippen molar-refractivity contribution in [1.82, 2.24) is 10.3 Å². The summed E-state index contributed by atoms with van der Waals surface area (Å²) >= 11 is 0. The summed E-state index contributed by atoms with van der Waals surface area (Å²) in [6, 6.07) is 18.3. The van der Waals surface area contributed by atoms with Crippen molar-refractivity contribution in [2.24, 2.45) is 0 Å². The second kappa shape index (κ2) is 12.8. The van der Waals surface area contributed by atoms with Gasteiger partial charge in [0, 0.05) is 48.7 Å². The van der Waals surface area contributed by atoms with Crippen LogP contribution < -0.4 is 35.0 Å². The quantitative estimate of drug-likeness (QED) is 0.182. The predicted octanol–water partition coefficient (Wildman–Crippen LogP) is 6.15. The summed E-state index contributed by atoms with van der Waals surface area (Å²) in [4.78, 5) is 20.2. The average Bonchev–Trinajstić information content (AvgIpc) is 2.97. The minimum Gasteiger partial charge on any atom is -0.492 e. The molecule has 2 heterocycles. The Labute approximate surface area is 264 Å². The number of nitrogens with one attached hydrogen (secondary N) is 4. The predicted molar refractivity (Wildman–Crippen MR) is 181 cm³/mol. The zero-order chi connectivity index (χ0) is 32.4. The molecule has 0 saturated carbocycles. The highest BCUT2D eigenvalue weighted by atomic mass is 32.2. The number of anilines is 4. The van der Waals surface area contributed by atoms with Crippen LogP contribution in [0, 0.1) is 0 Å². The van der Waals surface area contributed by atoms with Gasteiger partial charge in [0.05, 0.1) is 30.4 Å². The van der Waals surface area contributed by atoms with Gasteiger partial charge < -0.3 is 30.3 Å². The minimum absolute atomic E-state index is 0.198. The van der Waals surface area contributed by atoms with Gasteiger partial charge in [-0.3, -0.25) is 4.72 Å². The Kier molecular flexibility index (Phi) is 9.08. The molecule has 4 aromatic rings. The average molecular weight is 633 g/mol. The summed E-state index contributed by atoms with van der Waals surface area (Å²) in [5.74, 6) is 2.36. The van der Waals surface area contributed by atoms with Gasteiger partial charge in [0.15, 0.2) is 5.75 Å². The fraction of sp³-hybridized carbons (Fsp3) is 0.333. The van der Waals surface area contributed by atoms with Crippen LogP contribution in [-0.4, -0.2) is 58.5 Å². The number of carbonyl (C=O) groups is 1. The number of pyridine rings is 1. The number of piperazine rings is 1. The normalized spacial score (nSPS) is 15.4. The van der Waals surface area contributed by atoms with E-state index in [1.807, 2.05) is 63.2 Å². The number of carbonyl (C=O) groups excluding carboxylic acids is 1. The number of nitrogens with zero attached hydrogens (tertiary/aromatic N) is 2. The van der Waals surface area contributed by atoms with E-state index in [1.54, 1.807) is 24.4 Å². The van der Waals surface area contributed by atoms with Crippen molar-refractivity contribution in [3.63, 3.8) is 0 Å². The number of urea groups is 1. The fourth-order valence-electron chi connectivity index (χ4n) is 5.32. The van der Waals surface area contributed by atoms with Gasteiger partial charge >= 0.3 is 6.03 Å². The van der Waals surface area contributed by atoms with E-state index in [4.69, 9.17) is 9.47 Å². The molecule has 5 rings (SSSR count). The molecule has 0 bridgehead atoms. The van der Waals surface area contributed by atoms with E-state index in [2.05, 4.69) is 37.5 Å². The molecule has 1 aliphatic heterocycles. The van der Waals surface area contributed by atoms with Gasteiger partial charge in [-0.2, -0.15) is 0 Å². The lowest BCUT2D eigenvalue weighted by molar-refractivity contribution is 0.262. The zero-order valence-corrected chi connectivity index (χ0v) is 27.2. The second-order valence-corrected chi connectivity index (χ2v) is 13.9. The van der Waals surface area contributed by atoms with Crippen molar-refractivity contribution in [1.29, 1.82) is 0 Å². The lowest BCUT2D eigenvalue weighted by Crippen LogP contribution is -2.50. The summed E-state index contributed by atoms with van der Waals surface area (Å²) < 4.78 is 38.6. The lowest BCUT2D eigenvalue weighted by atomic mass is 9.86. The largest absolute Gasteiger partial charge is 0.492 e. The molecular weight excluding hydrogens is 592 g/mol. The Balaban J connectivity index is 1.41. The molecule has 11 nitrogen and oxygen atoms in total. The second-order valence-electron chi connectivity index (χ2n) is 12.2. The highest BCUT2D eigenvalue weighted by molar-refractivity contribution is 7.92. The number of hydrogen-bond acceptors (Lipinski definition) is 8.